The molecule has 0 aliphatic rings. The first-order valence-electron chi connectivity index (χ1n) is 5.33. The van der Waals surface area contributed by atoms with Gasteiger partial charge in [-0.05, 0) is 12.1 Å². The van der Waals surface area contributed by atoms with Gasteiger partial charge >= 0.3 is 12.0 Å². The first kappa shape index (κ1) is 15.3. The first-order chi connectivity index (χ1) is 9.29. The van der Waals surface area contributed by atoms with Gasteiger partial charge in [0.1, 0.15) is 6.04 Å². The van der Waals surface area contributed by atoms with Gasteiger partial charge in [-0.25, -0.2) is 18.4 Å². The van der Waals surface area contributed by atoms with Gasteiger partial charge in [-0.1, -0.05) is 0 Å². The number of aliphatic carboxylic acids is 1. The van der Waals surface area contributed by atoms with E-state index in [1.165, 1.54) is 0 Å². The Bertz CT molecular complexity index is 550. The zero-order valence-corrected chi connectivity index (χ0v) is 10.0. The summed E-state index contributed by atoms with van der Waals surface area (Å²) in [6.07, 6.45) is -0.597. The van der Waals surface area contributed by atoms with Crippen LogP contribution >= 0.6 is 0 Å². The number of amides is 3. The van der Waals surface area contributed by atoms with E-state index < -0.39 is 42.0 Å². The van der Waals surface area contributed by atoms with Gasteiger partial charge < -0.3 is 21.5 Å². The fourth-order valence-electron chi connectivity index (χ4n) is 1.30. The Balaban J connectivity index is 2.67. The number of rotatable bonds is 5. The smallest absolute Gasteiger partial charge is 0.326 e. The lowest BCUT2D eigenvalue weighted by Crippen LogP contribution is -2.45. The maximum absolute atomic E-state index is 12.9. The van der Waals surface area contributed by atoms with E-state index in [0.717, 1.165) is 18.2 Å². The molecule has 0 aliphatic carbocycles. The van der Waals surface area contributed by atoms with Crippen LogP contribution in [-0.2, 0) is 9.59 Å². The van der Waals surface area contributed by atoms with E-state index in [4.69, 9.17) is 10.8 Å². The van der Waals surface area contributed by atoms with E-state index in [1.807, 2.05) is 5.32 Å². The molecule has 20 heavy (non-hydrogen) atoms. The highest BCUT2D eigenvalue weighted by molar-refractivity contribution is 5.93. The Morgan fingerprint density at radius 3 is 2.40 bits per heavy atom. The molecule has 0 aliphatic heterocycles. The molecular weight excluding hydrogens is 276 g/mol. The van der Waals surface area contributed by atoms with Gasteiger partial charge in [-0.2, -0.15) is 0 Å². The normalized spacial score (nSPS) is 11.5. The number of hydrogen-bond acceptors (Lipinski definition) is 3. The molecule has 1 rings (SSSR count). The van der Waals surface area contributed by atoms with Crippen LogP contribution in [0.5, 0.6) is 0 Å². The highest BCUT2D eigenvalue weighted by Gasteiger charge is 2.22. The van der Waals surface area contributed by atoms with E-state index in [1.54, 1.807) is 0 Å². The van der Waals surface area contributed by atoms with Crippen molar-refractivity contribution in [2.75, 3.05) is 5.32 Å². The van der Waals surface area contributed by atoms with Crippen molar-refractivity contribution >= 4 is 23.6 Å². The Morgan fingerprint density at radius 1 is 1.25 bits per heavy atom. The van der Waals surface area contributed by atoms with Gasteiger partial charge in [0.25, 0.3) is 0 Å². The van der Waals surface area contributed by atoms with Crippen molar-refractivity contribution in [3.8, 4) is 0 Å². The van der Waals surface area contributed by atoms with E-state index in [-0.39, 0.29) is 5.69 Å². The molecule has 0 heterocycles. The first-order valence-corrected chi connectivity index (χ1v) is 5.33. The van der Waals surface area contributed by atoms with Gasteiger partial charge in [-0.3, -0.25) is 4.79 Å². The SMILES string of the molecule is NC(=O)C[C@@H](NC(=O)Nc1ccc(F)c(F)c1)C(=O)O. The number of primary amides is 1. The maximum atomic E-state index is 12.9. The minimum Gasteiger partial charge on any atom is -0.480 e. The molecule has 0 saturated carbocycles. The summed E-state index contributed by atoms with van der Waals surface area (Å²) < 4.78 is 25.6. The van der Waals surface area contributed by atoms with Gasteiger partial charge in [0.2, 0.25) is 5.91 Å². The number of urea groups is 1. The van der Waals surface area contributed by atoms with Crippen LogP contribution in [0.3, 0.4) is 0 Å². The van der Waals surface area contributed by atoms with E-state index in [9.17, 15) is 23.2 Å². The summed E-state index contributed by atoms with van der Waals surface area (Å²) in [5.74, 6) is -4.63. The topological polar surface area (TPSA) is 122 Å². The van der Waals surface area contributed by atoms with E-state index in [0.29, 0.717) is 0 Å². The van der Waals surface area contributed by atoms with Crippen LogP contribution in [0.1, 0.15) is 6.42 Å². The van der Waals surface area contributed by atoms with Crippen molar-refractivity contribution in [1.29, 1.82) is 0 Å². The number of nitrogens with one attached hydrogen (secondary N) is 2. The highest BCUT2D eigenvalue weighted by Crippen LogP contribution is 2.12. The Labute approximate surface area is 111 Å². The monoisotopic (exact) mass is 287 g/mol. The van der Waals surface area contributed by atoms with Gasteiger partial charge in [-0.15, -0.1) is 0 Å². The largest absolute Gasteiger partial charge is 0.480 e. The maximum Gasteiger partial charge on any atom is 0.326 e. The number of carboxylic acids is 1. The van der Waals surface area contributed by atoms with Gasteiger partial charge in [0.05, 0.1) is 6.42 Å². The van der Waals surface area contributed by atoms with Gasteiger partial charge in [0, 0.05) is 11.8 Å². The molecule has 0 unspecified atom stereocenters. The number of carbonyl (C=O) groups is 3. The zero-order chi connectivity index (χ0) is 15.3. The van der Waals surface area contributed by atoms with Crippen molar-refractivity contribution in [1.82, 2.24) is 5.32 Å². The zero-order valence-electron chi connectivity index (χ0n) is 10.0. The second-order valence-electron chi connectivity index (χ2n) is 3.79. The molecule has 1 aromatic rings. The molecule has 9 heteroatoms. The predicted octanol–water partition coefficient (Wildman–Crippen LogP) is 0.415. The average Bonchev–Trinajstić information content (AvgIpc) is 2.32. The van der Waals surface area contributed by atoms with Crippen LogP contribution in [-0.4, -0.2) is 29.1 Å². The fourth-order valence-corrected chi connectivity index (χ4v) is 1.30. The Hall–Kier alpha value is -2.71. The van der Waals surface area contributed by atoms with Crippen LogP contribution in [0.2, 0.25) is 0 Å². The summed E-state index contributed by atoms with van der Waals surface area (Å²) in [6, 6.07) is 0.0892. The Kier molecular flexibility index (Phi) is 4.95. The molecule has 0 spiro atoms. The summed E-state index contributed by atoms with van der Waals surface area (Å²) in [6.45, 7) is 0. The molecule has 0 radical (unpaired) electrons. The average molecular weight is 287 g/mol. The predicted molar refractivity (Wildman–Crippen MR) is 63.7 cm³/mol. The second kappa shape index (κ2) is 6.45. The van der Waals surface area contributed by atoms with Crippen molar-refractivity contribution in [2.45, 2.75) is 12.5 Å². The summed E-state index contributed by atoms with van der Waals surface area (Å²) in [5, 5.41) is 12.8. The minimum absolute atomic E-state index is 0.0791. The second-order valence-corrected chi connectivity index (χ2v) is 3.79. The van der Waals surface area contributed by atoms with E-state index in [2.05, 4.69) is 5.32 Å². The van der Waals surface area contributed by atoms with Crippen LogP contribution in [0, 0.1) is 11.6 Å². The third kappa shape index (κ3) is 4.52. The molecular formula is C11H11F2N3O4. The van der Waals surface area contributed by atoms with Crippen molar-refractivity contribution in [3.63, 3.8) is 0 Å². The molecule has 1 aromatic carbocycles. The van der Waals surface area contributed by atoms with Crippen LogP contribution in [0.4, 0.5) is 19.3 Å². The number of carboxylic acid groups (broad SMARTS) is 1. The number of carbonyl (C=O) groups excluding carboxylic acids is 2. The molecule has 108 valence electrons. The number of hydrogen-bond donors (Lipinski definition) is 4. The standard InChI is InChI=1S/C11H11F2N3O4/c12-6-2-1-5(3-7(6)13)15-11(20)16-8(10(18)19)4-9(14)17/h1-3,8H,4H2,(H2,14,17)(H,18,19)(H2,15,16,20)/t8-/m1/s1. The van der Waals surface area contributed by atoms with Crippen LogP contribution in [0.15, 0.2) is 18.2 Å². The summed E-state index contributed by atoms with van der Waals surface area (Å²) >= 11 is 0. The number of anilines is 1. The minimum atomic E-state index is -1.52. The number of benzene rings is 1. The summed E-state index contributed by atoms with van der Waals surface area (Å²) in [4.78, 5) is 32.8. The highest BCUT2D eigenvalue weighted by atomic mass is 19.2. The number of halogens is 2. The molecule has 0 aromatic heterocycles. The lowest BCUT2D eigenvalue weighted by atomic mass is 10.2. The molecule has 5 N–H and O–H groups in total. The van der Waals surface area contributed by atoms with Crippen molar-refractivity contribution in [2.24, 2.45) is 5.73 Å². The molecule has 0 saturated heterocycles. The van der Waals surface area contributed by atoms with Gasteiger partial charge in [0.15, 0.2) is 11.6 Å². The molecule has 3 amide bonds. The molecule has 0 bridgehead atoms. The molecule has 1 atom stereocenters. The molecule has 7 nitrogen and oxygen atoms in total. The Morgan fingerprint density at radius 2 is 1.90 bits per heavy atom. The lowest BCUT2D eigenvalue weighted by Gasteiger charge is -2.13. The quantitative estimate of drug-likeness (QED) is 0.626. The summed E-state index contributed by atoms with van der Waals surface area (Å²) in [7, 11) is 0. The molecule has 0 fully saturated rings. The van der Waals surface area contributed by atoms with Crippen LogP contribution < -0.4 is 16.4 Å². The summed E-state index contributed by atoms with van der Waals surface area (Å²) in [5.41, 5.74) is 4.75. The van der Waals surface area contributed by atoms with Crippen molar-refractivity contribution < 1.29 is 28.3 Å². The van der Waals surface area contributed by atoms with E-state index >= 15 is 0 Å². The fraction of sp³-hybridized carbons (Fsp3) is 0.182. The lowest BCUT2D eigenvalue weighted by molar-refractivity contribution is -0.140. The van der Waals surface area contributed by atoms with Crippen LogP contribution in [0.25, 0.3) is 0 Å². The number of nitrogens with two attached hydrogens (primary N) is 1. The van der Waals surface area contributed by atoms with Crippen molar-refractivity contribution in [3.05, 3.63) is 29.8 Å². The third-order valence-electron chi connectivity index (χ3n) is 2.19. The third-order valence-corrected chi connectivity index (χ3v) is 2.19.